The molecular weight excluding hydrogens is 396 g/mol. The smallest absolute Gasteiger partial charge is 0.316 e. The summed E-state index contributed by atoms with van der Waals surface area (Å²) in [5, 5.41) is 13.2. The molecule has 1 atom stereocenters. The van der Waals surface area contributed by atoms with Gasteiger partial charge in [0.25, 0.3) is 0 Å². The number of halogens is 1. The van der Waals surface area contributed by atoms with Crippen molar-refractivity contribution in [1.82, 2.24) is 5.32 Å². The number of benzene rings is 2. The minimum Gasteiger partial charge on any atom is -0.460 e. The molecule has 1 amide bonds. The summed E-state index contributed by atoms with van der Waals surface area (Å²) >= 11 is 7.35. The third kappa shape index (κ3) is 4.94. The number of allylic oxidation sites excluding steroid dienone is 1. The number of nitriles is 1. The van der Waals surface area contributed by atoms with Crippen LogP contribution >= 0.6 is 23.4 Å². The maximum atomic E-state index is 12.2. The second-order valence-corrected chi connectivity index (χ2v) is 7.51. The van der Waals surface area contributed by atoms with Crippen molar-refractivity contribution in [3.05, 3.63) is 81.3 Å². The number of esters is 1. The van der Waals surface area contributed by atoms with E-state index in [1.165, 1.54) is 0 Å². The van der Waals surface area contributed by atoms with Crippen LogP contribution in [0.25, 0.3) is 0 Å². The van der Waals surface area contributed by atoms with Crippen molar-refractivity contribution in [2.45, 2.75) is 18.9 Å². The third-order valence-electron chi connectivity index (χ3n) is 4.21. The zero-order valence-electron chi connectivity index (χ0n) is 14.9. The molecule has 142 valence electrons. The number of nitrogens with zero attached hydrogens (tertiary/aromatic N) is 1. The van der Waals surface area contributed by atoms with Gasteiger partial charge < -0.3 is 10.1 Å². The number of carbonyl (C=O) groups is 2. The van der Waals surface area contributed by atoms with Gasteiger partial charge >= 0.3 is 5.97 Å². The Labute approximate surface area is 172 Å². The number of nitrogens with one attached hydrogen (secondary N) is 1. The molecule has 0 aromatic heterocycles. The van der Waals surface area contributed by atoms with Crippen molar-refractivity contribution in [3.8, 4) is 6.07 Å². The van der Waals surface area contributed by atoms with E-state index in [1.54, 1.807) is 18.2 Å². The van der Waals surface area contributed by atoms with E-state index in [1.807, 2.05) is 36.4 Å². The quantitative estimate of drug-likeness (QED) is 0.721. The second kappa shape index (κ2) is 9.45. The van der Waals surface area contributed by atoms with Gasteiger partial charge in [0, 0.05) is 17.4 Å². The van der Waals surface area contributed by atoms with Crippen LogP contribution < -0.4 is 5.32 Å². The van der Waals surface area contributed by atoms with Gasteiger partial charge in [0.05, 0.1) is 22.4 Å². The first kappa shape index (κ1) is 20.0. The maximum absolute atomic E-state index is 12.2. The normalized spacial score (nSPS) is 16.3. The van der Waals surface area contributed by atoms with E-state index in [-0.39, 0.29) is 24.7 Å². The van der Waals surface area contributed by atoms with Gasteiger partial charge in [-0.3, -0.25) is 9.59 Å². The van der Waals surface area contributed by atoms with Crippen LogP contribution in [-0.4, -0.2) is 17.6 Å². The summed E-state index contributed by atoms with van der Waals surface area (Å²) in [4.78, 5) is 24.2. The van der Waals surface area contributed by atoms with E-state index >= 15 is 0 Å². The van der Waals surface area contributed by atoms with Gasteiger partial charge in [-0.25, -0.2) is 0 Å². The summed E-state index contributed by atoms with van der Waals surface area (Å²) in [6, 6.07) is 18.7. The van der Waals surface area contributed by atoms with Crippen molar-refractivity contribution in [3.63, 3.8) is 0 Å². The van der Waals surface area contributed by atoms with Gasteiger partial charge in [0.2, 0.25) is 5.91 Å². The molecule has 0 bridgehead atoms. The number of hydrogen-bond acceptors (Lipinski definition) is 5. The largest absolute Gasteiger partial charge is 0.460 e. The van der Waals surface area contributed by atoms with Crippen LogP contribution in [0.1, 0.15) is 23.5 Å². The highest BCUT2D eigenvalue weighted by molar-refractivity contribution is 8.03. The number of carbonyl (C=O) groups excluding carboxylic acids is 2. The fourth-order valence-electron chi connectivity index (χ4n) is 2.87. The van der Waals surface area contributed by atoms with Gasteiger partial charge in [-0.15, -0.1) is 0 Å². The fraction of sp³-hybridized carbons (Fsp3) is 0.190. The summed E-state index contributed by atoms with van der Waals surface area (Å²) < 4.78 is 5.25. The molecule has 0 radical (unpaired) electrons. The molecule has 28 heavy (non-hydrogen) atoms. The van der Waals surface area contributed by atoms with E-state index in [0.29, 0.717) is 15.6 Å². The van der Waals surface area contributed by atoms with Crippen molar-refractivity contribution >= 4 is 35.2 Å². The molecule has 5 nitrogen and oxygen atoms in total. The van der Waals surface area contributed by atoms with E-state index in [4.69, 9.17) is 16.3 Å². The standard InChI is InChI=1S/C21H17ClN2O3S/c22-18-9-5-4-8-15(18)16-10-19(25)24-21(17(16)11-23)28-13-20(26)27-12-14-6-2-1-3-7-14/h1-9,16H,10,12-13H2,(H,24,25)/t16-/m0/s1. The zero-order valence-corrected chi connectivity index (χ0v) is 16.4. The van der Waals surface area contributed by atoms with Crippen LogP contribution in [0.5, 0.6) is 0 Å². The number of amides is 1. The minimum absolute atomic E-state index is 0.0110. The molecule has 0 spiro atoms. The van der Waals surface area contributed by atoms with Crippen LogP contribution in [0.2, 0.25) is 5.02 Å². The lowest BCUT2D eigenvalue weighted by Gasteiger charge is -2.25. The number of rotatable bonds is 6. The van der Waals surface area contributed by atoms with Crippen molar-refractivity contribution in [2.75, 3.05) is 5.75 Å². The Morgan fingerprint density at radius 2 is 1.93 bits per heavy atom. The highest BCUT2D eigenvalue weighted by Crippen LogP contribution is 2.38. The summed E-state index contributed by atoms with van der Waals surface area (Å²) in [7, 11) is 0. The molecule has 0 saturated carbocycles. The van der Waals surface area contributed by atoms with Crippen molar-refractivity contribution in [2.24, 2.45) is 0 Å². The summed E-state index contributed by atoms with van der Waals surface area (Å²) in [6.45, 7) is 0.180. The van der Waals surface area contributed by atoms with Gasteiger partial charge in [0.1, 0.15) is 6.61 Å². The fourth-order valence-corrected chi connectivity index (χ4v) is 4.01. The van der Waals surface area contributed by atoms with E-state index < -0.39 is 11.9 Å². The maximum Gasteiger partial charge on any atom is 0.316 e. The van der Waals surface area contributed by atoms with Gasteiger partial charge in [-0.05, 0) is 17.2 Å². The van der Waals surface area contributed by atoms with Crippen LogP contribution in [0, 0.1) is 11.3 Å². The van der Waals surface area contributed by atoms with Gasteiger partial charge in [-0.1, -0.05) is 71.9 Å². The van der Waals surface area contributed by atoms with E-state index in [2.05, 4.69) is 11.4 Å². The van der Waals surface area contributed by atoms with Crippen LogP contribution in [0.15, 0.2) is 65.2 Å². The molecule has 2 aromatic rings. The van der Waals surface area contributed by atoms with Crippen molar-refractivity contribution < 1.29 is 14.3 Å². The minimum atomic E-state index is -0.435. The number of hydrogen-bond donors (Lipinski definition) is 1. The molecule has 3 rings (SSSR count). The van der Waals surface area contributed by atoms with E-state index in [0.717, 1.165) is 22.9 Å². The lowest BCUT2D eigenvalue weighted by Crippen LogP contribution is -2.31. The zero-order chi connectivity index (χ0) is 19.9. The average molecular weight is 413 g/mol. The summed E-state index contributed by atoms with van der Waals surface area (Å²) in [5.41, 5.74) is 2.01. The predicted molar refractivity (Wildman–Crippen MR) is 108 cm³/mol. The Morgan fingerprint density at radius 3 is 2.64 bits per heavy atom. The number of thioether (sulfide) groups is 1. The first-order valence-electron chi connectivity index (χ1n) is 8.59. The van der Waals surface area contributed by atoms with Crippen LogP contribution in [0.3, 0.4) is 0 Å². The molecular formula is C21H17ClN2O3S. The lowest BCUT2D eigenvalue weighted by atomic mass is 9.87. The van der Waals surface area contributed by atoms with Crippen LogP contribution in [-0.2, 0) is 20.9 Å². The number of ether oxygens (including phenoxy) is 1. The van der Waals surface area contributed by atoms with Crippen LogP contribution in [0.4, 0.5) is 0 Å². The molecule has 1 aliphatic rings. The molecule has 0 saturated heterocycles. The third-order valence-corrected chi connectivity index (χ3v) is 5.55. The Morgan fingerprint density at radius 1 is 1.21 bits per heavy atom. The molecule has 1 N–H and O–H groups in total. The molecule has 0 aliphatic carbocycles. The topological polar surface area (TPSA) is 79.2 Å². The SMILES string of the molecule is N#CC1=C(SCC(=O)OCc2ccccc2)NC(=O)C[C@H]1c1ccccc1Cl. The highest BCUT2D eigenvalue weighted by Gasteiger charge is 2.31. The Hall–Kier alpha value is -2.75. The Kier molecular flexibility index (Phi) is 6.75. The average Bonchev–Trinajstić information content (AvgIpc) is 2.71. The highest BCUT2D eigenvalue weighted by atomic mass is 35.5. The Balaban J connectivity index is 1.70. The monoisotopic (exact) mass is 412 g/mol. The molecule has 0 fully saturated rings. The second-order valence-electron chi connectivity index (χ2n) is 6.12. The van der Waals surface area contributed by atoms with E-state index in [9.17, 15) is 14.9 Å². The predicted octanol–water partition coefficient (Wildman–Crippen LogP) is 4.16. The van der Waals surface area contributed by atoms with Gasteiger partial charge in [-0.2, -0.15) is 5.26 Å². The molecule has 1 heterocycles. The summed E-state index contributed by atoms with van der Waals surface area (Å²) in [6.07, 6.45) is 0.134. The molecule has 0 unspecified atom stereocenters. The summed E-state index contributed by atoms with van der Waals surface area (Å²) in [5.74, 6) is -1.09. The first-order valence-corrected chi connectivity index (χ1v) is 9.95. The van der Waals surface area contributed by atoms with Gasteiger partial charge in [0.15, 0.2) is 0 Å². The van der Waals surface area contributed by atoms with Crippen molar-refractivity contribution in [1.29, 1.82) is 5.26 Å². The first-order chi connectivity index (χ1) is 13.6. The Bertz CT molecular complexity index is 954. The molecule has 1 aliphatic heterocycles. The molecule has 7 heteroatoms. The lowest BCUT2D eigenvalue weighted by molar-refractivity contribution is -0.141. The molecule has 2 aromatic carbocycles.